The summed E-state index contributed by atoms with van der Waals surface area (Å²) in [6.45, 7) is 7.12. The number of furan rings is 1. The number of aryl methyl sites for hydroxylation is 1. The van der Waals surface area contributed by atoms with Crippen molar-refractivity contribution in [1.82, 2.24) is 5.32 Å². The van der Waals surface area contributed by atoms with Gasteiger partial charge in [-0.2, -0.15) is 0 Å². The number of hydrogen-bond acceptors (Lipinski definition) is 4. The van der Waals surface area contributed by atoms with Crippen molar-refractivity contribution in [3.8, 4) is 0 Å². The highest BCUT2D eigenvalue weighted by Crippen LogP contribution is 2.39. The van der Waals surface area contributed by atoms with Crippen LogP contribution in [-0.2, 0) is 6.54 Å². The second-order valence-electron chi connectivity index (χ2n) is 7.02. The van der Waals surface area contributed by atoms with Crippen molar-refractivity contribution in [1.29, 1.82) is 0 Å². The molecule has 0 bridgehead atoms. The Hall–Kier alpha value is -1.33. The van der Waals surface area contributed by atoms with Gasteiger partial charge in [-0.3, -0.25) is 0 Å². The molecule has 1 aromatic rings. The number of hydrogen-bond donors (Lipinski definition) is 3. The van der Waals surface area contributed by atoms with Gasteiger partial charge in [0.15, 0.2) is 0 Å². The van der Waals surface area contributed by atoms with Gasteiger partial charge in [0.05, 0.1) is 12.1 Å². The van der Waals surface area contributed by atoms with E-state index in [0.717, 1.165) is 25.7 Å². The molecule has 1 fully saturated rings. The Kier molecular flexibility index (Phi) is 4.44. The van der Waals surface area contributed by atoms with Gasteiger partial charge in [-0.05, 0) is 44.1 Å². The zero-order valence-electron chi connectivity index (χ0n) is 13.0. The smallest absolute Gasteiger partial charge is 0.372 e. The molecule has 0 saturated heterocycles. The first kappa shape index (κ1) is 16.0. The van der Waals surface area contributed by atoms with Crippen LogP contribution in [0.1, 0.15) is 61.4 Å². The first-order valence-electron chi connectivity index (χ1n) is 7.47. The quantitative estimate of drug-likeness (QED) is 0.778. The molecule has 0 unspecified atom stereocenters. The van der Waals surface area contributed by atoms with Crippen LogP contribution < -0.4 is 5.32 Å². The molecule has 1 heterocycles. The molecule has 21 heavy (non-hydrogen) atoms. The van der Waals surface area contributed by atoms with Gasteiger partial charge in [-0.25, -0.2) is 4.79 Å². The number of carboxylic acids is 1. The lowest BCUT2D eigenvalue weighted by atomic mass is 9.71. The molecule has 1 saturated carbocycles. The summed E-state index contributed by atoms with van der Waals surface area (Å²) in [4.78, 5) is 10.9. The number of aromatic carboxylic acids is 1. The molecule has 0 amide bonds. The van der Waals surface area contributed by atoms with Crippen LogP contribution in [0.5, 0.6) is 0 Å². The standard InChI is InChI=1S/C16H25NO4/c1-11-8-12(21-13(11)14(18)19)9-17-10-16(20)6-4-15(2,3)5-7-16/h8,17,20H,4-7,9-10H2,1-3H3,(H,18,19). The summed E-state index contributed by atoms with van der Waals surface area (Å²) in [6.07, 6.45) is 3.64. The molecule has 3 N–H and O–H groups in total. The minimum atomic E-state index is -1.05. The Morgan fingerprint density at radius 1 is 1.33 bits per heavy atom. The van der Waals surface area contributed by atoms with Gasteiger partial charge >= 0.3 is 5.97 Å². The fourth-order valence-corrected chi connectivity index (χ4v) is 2.83. The van der Waals surface area contributed by atoms with Crippen LogP contribution in [0.2, 0.25) is 0 Å². The van der Waals surface area contributed by atoms with Crippen molar-refractivity contribution in [2.45, 2.75) is 58.6 Å². The van der Waals surface area contributed by atoms with Crippen molar-refractivity contribution < 1.29 is 19.4 Å². The third kappa shape index (κ3) is 4.08. The highest BCUT2D eigenvalue weighted by molar-refractivity contribution is 5.86. The number of carboxylic acid groups (broad SMARTS) is 1. The van der Waals surface area contributed by atoms with E-state index in [-0.39, 0.29) is 5.76 Å². The van der Waals surface area contributed by atoms with E-state index in [2.05, 4.69) is 19.2 Å². The van der Waals surface area contributed by atoms with Crippen molar-refractivity contribution >= 4 is 5.97 Å². The number of rotatable bonds is 5. The monoisotopic (exact) mass is 295 g/mol. The minimum Gasteiger partial charge on any atom is -0.475 e. The van der Waals surface area contributed by atoms with E-state index in [1.807, 2.05) is 0 Å². The predicted octanol–water partition coefficient (Wildman–Crippen LogP) is 2.71. The highest BCUT2D eigenvalue weighted by Gasteiger charge is 2.36. The summed E-state index contributed by atoms with van der Waals surface area (Å²) in [5.74, 6) is -0.471. The van der Waals surface area contributed by atoms with Crippen LogP contribution in [0.3, 0.4) is 0 Å². The van der Waals surface area contributed by atoms with E-state index < -0.39 is 11.6 Å². The molecule has 1 aliphatic rings. The largest absolute Gasteiger partial charge is 0.475 e. The van der Waals surface area contributed by atoms with Crippen molar-refractivity contribution in [2.75, 3.05) is 6.54 Å². The number of carbonyl (C=O) groups is 1. The molecule has 0 spiro atoms. The van der Waals surface area contributed by atoms with Gasteiger partial charge < -0.3 is 19.9 Å². The Bertz CT molecular complexity index is 508. The summed E-state index contributed by atoms with van der Waals surface area (Å²) in [6, 6.07) is 1.73. The first-order valence-corrected chi connectivity index (χ1v) is 7.47. The minimum absolute atomic E-state index is 0.00933. The molecule has 118 valence electrons. The van der Waals surface area contributed by atoms with Gasteiger partial charge in [-0.15, -0.1) is 0 Å². The first-order chi connectivity index (χ1) is 9.71. The molecule has 2 rings (SSSR count). The summed E-state index contributed by atoms with van der Waals surface area (Å²) in [7, 11) is 0. The van der Waals surface area contributed by atoms with Crippen molar-refractivity contribution in [3.05, 3.63) is 23.2 Å². The summed E-state index contributed by atoms with van der Waals surface area (Å²) >= 11 is 0. The SMILES string of the molecule is Cc1cc(CNCC2(O)CCC(C)(C)CC2)oc1C(=O)O. The lowest BCUT2D eigenvalue weighted by Crippen LogP contribution is -2.44. The second kappa shape index (κ2) is 5.81. The molecule has 1 aliphatic carbocycles. The third-order valence-corrected chi connectivity index (χ3v) is 4.45. The molecule has 1 aromatic heterocycles. The van der Waals surface area contributed by atoms with Crippen molar-refractivity contribution in [2.24, 2.45) is 5.41 Å². The lowest BCUT2D eigenvalue weighted by Gasteiger charge is -2.40. The molecule has 0 atom stereocenters. The highest BCUT2D eigenvalue weighted by atomic mass is 16.4. The summed E-state index contributed by atoms with van der Waals surface area (Å²) < 4.78 is 5.29. The fourth-order valence-electron chi connectivity index (χ4n) is 2.83. The van der Waals surface area contributed by atoms with Gasteiger partial charge in [0.2, 0.25) is 5.76 Å². The molecule has 0 aliphatic heterocycles. The molecular weight excluding hydrogens is 270 g/mol. The van der Waals surface area contributed by atoms with E-state index in [0.29, 0.717) is 29.8 Å². The van der Waals surface area contributed by atoms with E-state index in [1.165, 1.54) is 0 Å². The van der Waals surface area contributed by atoms with Crippen LogP contribution in [0.25, 0.3) is 0 Å². The number of nitrogens with one attached hydrogen (secondary N) is 1. The molecular formula is C16H25NO4. The van der Waals surface area contributed by atoms with E-state index in [4.69, 9.17) is 9.52 Å². The molecule has 0 aromatic carbocycles. The van der Waals surface area contributed by atoms with Crippen LogP contribution in [0.4, 0.5) is 0 Å². The van der Waals surface area contributed by atoms with Crippen LogP contribution in [-0.4, -0.2) is 28.3 Å². The topological polar surface area (TPSA) is 82.7 Å². The average molecular weight is 295 g/mol. The second-order valence-corrected chi connectivity index (χ2v) is 7.02. The predicted molar refractivity (Wildman–Crippen MR) is 79.3 cm³/mol. The zero-order valence-corrected chi connectivity index (χ0v) is 13.0. The Balaban J connectivity index is 1.84. The Morgan fingerprint density at radius 3 is 2.48 bits per heavy atom. The fraction of sp³-hybridized carbons (Fsp3) is 0.688. The van der Waals surface area contributed by atoms with Gasteiger partial charge in [-0.1, -0.05) is 13.8 Å². The maximum Gasteiger partial charge on any atom is 0.372 e. The Morgan fingerprint density at radius 2 is 1.95 bits per heavy atom. The lowest BCUT2D eigenvalue weighted by molar-refractivity contribution is -0.0247. The van der Waals surface area contributed by atoms with Gasteiger partial charge in [0.1, 0.15) is 5.76 Å². The van der Waals surface area contributed by atoms with Gasteiger partial charge in [0.25, 0.3) is 0 Å². The molecule has 0 radical (unpaired) electrons. The van der Waals surface area contributed by atoms with Crippen molar-refractivity contribution in [3.63, 3.8) is 0 Å². The van der Waals surface area contributed by atoms with Crippen LogP contribution in [0.15, 0.2) is 10.5 Å². The van der Waals surface area contributed by atoms with Crippen LogP contribution >= 0.6 is 0 Å². The summed E-state index contributed by atoms with van der Waals surface area (Å²) in [5, 5.41) is 22.7. The van der Waals surface area contributed by atoms with Crippen LogP contribution in [0, 0.1) is 12.3 Å². The zero-order chi connectivity index (χ0) is 15.7. The normalized spacial score (nSPS) is 20.4. The third-order valence-electron chi connectivity index (χ3n) is 4.45. The molecule has 5 nitrogen and oxygen atoms in total. The maximum atomic E-state index is 10.9. The molecule has 5 heteroatoms. The Labute approximate surface area is 125 Å². The van der Waals surface area contributed by atoms with Gasteiger partial charge in [0, 0.05) is 12.1 Å². The van der Waals surface area contributed by atoms with E-state index in [9.17, 15) is 9.90 Å². The summed E-state index contributed by atoms with van der Waals surface area (Å²) in [5.41, 5.74) is 0.283. The maximum absolute atomic E-state index is 10.9. The average Bonchev–Trinajstić information content (AvgIpc) is 2.75. The number of aliphatic hydroxyl groups is 1. The van der Waals surface area contributed by atoms with E-state index in [1.54, 1.807) is 13.0 Å². The van der Waals surface area contributed by atoms with E-state index >= 15 is 0 Å².